The molecule has 5 heteroatoms. The van der Waals surface area contributed by atoms with Crippen LogP contribution in [0.4, 0.5) is 0 Å². The van der Waals surface area contributed by atoms with Crippen LogP contribution in [0.3, 0.4) is 0 Å². The van der Waals surface area contributed by atoms with Crippen LogP contribution in [-0.4, -0.2) is 45.2 Å². The van der Waals surface area contributed by atoms with E-state index in [4.69, 9.17) is 10.2 Å². The second-order valence-corrected chi connectivity index (χ2v) is 1.54. The van der Waals surface area contributed by atoms with E-state index in [2.05, 4.69) is 27.0 Å². The van der Waals surface area contributed by atoms with E-state index in [0.29, 0.717) is 0 Å². The first-order valence-corrected chi connectivity index (χ1v) is 3.20. The molecule has 0 aliphatic rings. The van der Waals surface area contributed by atoms with Crippen LogP contribution in [0.25, 0.3) is 0 Å². The van der Waals surface area contributed by atoms with Gasteiger partial charge >= 0.3 is 35.0 Å². The molecule has 0 radical (unpaired) electrons. The zero-order valence-electron chi connectivity index (χ0n) is 8.11. The Labute approximate surface area is 100 Å². The molecule has 0 aliphatic heterocycles. The molecule has 0 aromatic heterocycles. The number of allylic oxidation sites excluding steroid dienone is 2. The zero-order valence-corrected chi connectivity index (χ0v) is 9.52. The third-order valence-electron chi connectivity index (χ3n) is 0.302. The monoisotopic (exact) mass is 210 g/mol. The molecule has 0 rings (SSSR count). The number of hydrogen-bond acceptors (Lipinski definition) is 2. The van der Waals surface area contributed by atoms with Crippen LogP contribution in [0.1, 0.15) is 6.42 Å². The van der Waals surface area contributed by atoms with E-state index in [0.717, 1.165) is 0 Å². The molecular weight excluding hydrogens is 196 g/mol. The van der Waals surface area contributed by atoms with Crippen molar-refractivity contribution in [3.8, 4) is 0 Å². The summed E-state index contributed by atoms with van der Waals surface area (Å²) in [6, 6.07) is 0. The average molecular weight is 211 g/mol. The van der Waals surface area contributed by atoms with E-state index < -0.39 is 18.4 Å². The Morgan fingerprint density at radius 1 is 1.07 bits per heavy atom. The Balaban J connectivity index is -0.0000000610. The van der Waals surface area contributed by atoms with Crippen LogP contribution in [0.2, 0.25) is 0 Å². The molecule has 14 heavy (non-hydrogen) atoms. The van der Waals surface area contributed by atoms with Crippen molar-refractivity contribution in [1.29, 1.82) is 0 Å². The second kappa shape index (κ2) is 22.7. The van der Waals surface area contributed by atoms with Gasteiger partial charge in [-0.25, -0.2) is 39.2 Å². The summed E-state index contributed by atoms with van der Waals surface area (Å²) >= 11 is 0. The van der Waals surface area contributed by atoms with Gasteiger partial charge in [0.1, 0.15) is 6.42 Å². The Morgan fingerprint density at radius 3 is 1.21 bits per heavy atom. The molecular formula is C9H14MgO4. The quantitative estimate of drug-likeness (QED) is 0.408. The number of carbonyl (C=O) groups is 2. The van der Waals surface area contributed by atoms with Gasteiger partial charge in [0.15, 0.2) is 0 Å². The van der Waals surface area contributed by atoms with Crippen LogP contribution in [-0.2, 0) is 9.59 Å². The van der Waals surface area contributed by atoms with Crippen LogP contribution in [0.15, 0.2) is 25.3 Å². The van der Waals surface area contributed by atoms with Crippen LogP contribution in [0, 0.1) is 13.8 Å². The molecule has 4 nitrogen and oxygen atoms in total. The third-order valence-corrected chi connectivity index (χ3v) is 0.302. The standard InChI is InChI=1S/C3H4O4.2C3H5.Mg/c4-2(5)1-3(6)7;2*1-3-2;/h1H2,(H,4,5)(H,6,7);2*3H,1-2H2;/q;2*-1;+2. The summed E-state index contributed by atoms with van der Waals surface area (Å²) in [6.45, 7) is 13.0. The topological polar surface area (TPSA) is 74.6 Å². The summed E-state index contributed by atoms with van der Waals surface area (Å²) in [5, 5.41) is 15.4. The van der Waals surface area contributed by atoms with E-state index in [1.54, 1.807) is 0 Å². The molecule has 0 heterocycles. The molecule has 0 fully saturated rings. The van der Waals surface area contributed by atoms with Gasteiger partial charge in [0.25, 0.3) is 0 Å². The molecule has 0 amide bonds. The van der Waals surface area contributed by atoms with E-state index in [1.807, 2.05) is 0 Å². The summed E-state index contributed by atoms with van der Waals surface area (Å²) < 4.78 is 0. The number of hydrogen-bond donors (Lipinski definition) is 2. The fourth-order valence-electron chi connectivity index (χ4n) is 0.129. The SMILES string of the molecule is C=C[CH2-].C=C[CH2-].O=C(O)CC(=O)O.[Mg+2]. The number of carboxylic acids is 2. The van der Waals surface area contributed by atoms with Crippen molar-refractivity contribution < 1.29 is 19.8 Å². The molecule has 0 saturated carbocycles. The fraction of sp³-hybridized carbons (Fsp3) is 0.111. The van der Waals surface area contributed by atoms with E-state index in [9.17, 15) is 9.59 Å². The van der Waals surface area contributed by atoms with Gasteiger partial charge in [0, 0.05) is 0 Å². The van der Waals surface area contributed by atoms with Gasteiger partial charge in [0.05, 0.1) is 0 Å². The molecule has 0 aromatic carbocycles. The van der Waals surface area contributed by atoms with E-state index in [1.165, 1.54) is 12.2 Å². The maximum atomic E-state index is 9.43. The Kier molecular flexibility index (Phi) is 37.4. The molecule has 76 valence electrons. The minimum atomic E-state index is -1.31. The number of aliphatic carboxylic acids is 2. The van der Waals surface area contributed by atoms with E-state index in [-0.39, 0.29) is 23.1 Å². The maximum absolute atomic E-state index is 9.43. The summed E-state index contributed by atoms with van der Waals surface area (Å²) in [6.07, 6.45) is 2.19. The summed E-state index contributed by atoms with van der Waals surface area (Å²) in [7, 11) is 0. The minimum Gasteiger partial charge on any atom is -0.481 e. The van der Waals surface area contributed by atoms with Crippen molar-refractivity contribution in [2.45, 2.75) is 6.42 Å². The zero-order chi connectivity index (χ0) is 11.3. The van der Waals surface area contributed by atoms with Gasteiger partial charge < -0.3 is 10.2 Å². The minimum absolute atomic E-state index is 0. The smallest absolute Gasteiger partial charge is 0.481 e. The summed E-state index contributed by atoms with van der Waals surface area (Å²) in [5.74, 6) is -2.62. The molecule has 0 unspecified atom stereocenters. The first kappa shape index (κ1) is 23.1. The predicted molar refractivity (Wildman–Crippen MR) is 56.8 cm³/mol. The average Bonchev–Trinajstić information content (AvgIpc) is 1.86. The first-order chi connectivity index (χ1) is 5.95. The Bertz CT molecular complexity index is 148. The molecule has 0 bridgehead atoms. The molecule has 0 saturated heterocycles. The number of carboxylic acid groups (broad SMARTS) is 2. The summed E-state index contributed by atoms with van der Waals surface area (Å²) in [5.41, 5.74) is 0. The Morgan fingerprint density at radius 2 is 1.21 bits per heavy atom. The molecule has 0 aliphatic carbocycles. The van der Waals surface area contributed by atoms with Crippen molar-refractivity contribution in [3.05, 3.63) is 39.2 Å². The third kappa shape index (κ3) is 126. The number of rotatable bonds is 2. The fourth-order valence-corrected chi connectivity index (χ4v) is 0.129. The van der Waals surface area contributed by atoms with Crippen molar-refractivity contribution in [3.63, 3.8) is 0 Å². The maximum Gasteiger partial charge on any atom is 2.00 e. The van der Waals surface area contributed by atoms with Crippen LogP contribution in [0.5, 0.6) is 0 Å². The van der Waals surface area contributed by atoms with Crippen LogP contribution < -0.4 is 0 Å². The van der Waals surface area contributed by atoms with Gasteiger partial charge in [-0.3, -0.25) is 9.59 Å². The van der Waals surface area contributed by atoms with Gasteiger partial charge in [-0.1, -0.05) is 0 Å². The van der Waals surface area contributed by atoms with Crippen molar-refractivity contribution in [1.82, 2.24) is 0 Å². The van der Waals surface area contributed by atoms with Crippen molar-refractivity contribution in [2.75, 3.05) is 0 Å². The van der Waals surface area contributed by atoms with Crippen molar-refractivity contribution in [2.24, 2.45) is 0 Å². The molecule has 0 aromatic rings. The van der Waals surface area contributed by atoms with E-state index >= 15 is 0 Å². The second-order valence-electron chi connectivity index (χ2n) is 1.54. The van der Waals surface area contributed by atoms with Crippen LogP contribution >= 0.6 is 0 Å². The first-order valence-electron chi connectivity index (χ1n) is 3.20. The Hall–Kier alpha value is -1.07. The molecule has 2 N–H and O–H groups in total. The summed E-state index contributed by atoms with van der Waals surface area (Å²) in [4.78, 5) is 18.9. The normalized spacial score (nSPS) is 5.71. The van der Waals surface area contributed by atoms with Gasteiger partial charge in [-0.15, -0.1) is 0 Å². The largest absolute Gasteiger partial charge is 2.00 e. The predicted octanol–water partition coefficient (Wildman–Crippen LogP) is 1.18. The van der Waals surface area contributed by atoms with Gasteiger partial charge in [0.2, 0.25) is 0 Å². The molecule has 0 atom stereocenters. The van der Waals surface area contributed by atoms with Crippen molar-refractivity contribution >= 4 is 35.0 Å². The van der Waals surface area contributed by atoms with Gasteiger partial charge in [-0.05, 0) is 0 Å². The molecule has 0 spiro atoms. The van der Waals surface area contributed by atoms with Gasteiger partial charge in [-0.2, -0.15) is 0 Å².